The number of hydrogen-bond acceptors (Lipinski definition) is 5. The van der Waals surface area contributed by atoms with Gasteiger partial charge in [0.05, 0.1) is 23.6 Å². The number of rotatable bonds is 5. The lowest BCUT2D eigenvalue weighted by Gasteiger charge is -2.32. The SMILES string of the molecule is CCCCC[C@H]1C(C#N)(C#N)C(C#N)C(=N)[C@@]1(C)C(C)=O. The van der Waals surface area contributed by atoms with E-state index < -0.39 is 22.7 Å². The van der Waals surface area contributed by atoms with Crippen molar-refractivity contribution in [2.24, 2.45) is 22.7 Å². The van der Waals surface area contributed by atoms with Crippen LogP contribution in [-0.4, -0.2) is 11.5 Å². The standard InChI is InChI=1S/C16H20N4O/c1-4-5-6-7-13-15(3,11(2)21)14(20)12(8-17)16(13,9-18)10-19/h12-13,20H,4-7H2,1-3H3/t12?,13-,15+/m1/s1. The summed E-state index contributed by atoms with van der Waals surface area (Å²) >= 11 is 0. The Balaban J connectivity index is 3.44. The molecule has 0 aliphatic heterocycles. The third-order valence-corrected chi connectivity index (χ3v) is 4.88. The summed E-state index contributed by atoms with van der Waals surface area (Å²) in [6.07, 6.45) is 3.20. The van der Waals surface area contributed by atoms with Crippen molar-refractivity contribution in [3.05, 3.63) is 0 Å². The predicted octanol–water partition coefficient (Wildman–Crippen LogP) is 2.98. The minimum atomic E-state index is -1.60. The monoisotopic (exact) mass is 284 g/mol. The highest BCUT2D eigenvalue weighted by molar-refractivity contribution is 6.12. The van der Waals surface area contributed by atoms with E-state index >= 15 is 0 Å². The topological polar surface area (TPSA) is 112 Å². The van der Waals surface area contributed by atoms with Crippen LogP contribution in [0, 0.1) is 62.1 Å². The average Bonchev–Trinajstić information content (AvgIpc) is 2.66. The largest absolute Gasteiger partial charge is 0.307 e. The molecular formula is C16H20N4O. The number of hydrogen-bond donors (Lipinski definition) is 1. The van der Waals surface area contributed by atoms with Crippen LogP contribution in [0.15, 0.2) is 0 Å². The molecule has 0 aromatic carbocycles. The minimum absolute atomic E-state index is 0.0814. The summed E-state index contributed by atoms with van der Waals surface area (Å²) in [5, 5.41) is 36.6. The summed E-state index contributed by atoms with van der Waals surface area (Å²) in [7, 11) is 0. The Morgan fingerprint density at radius 1 is 1.29 bits per heavy atom. The van der Waals surface area contributed by atoms with E-state index in [-0.39, 0.29) is 11.5 Å². The number of ketones is 1. The van der Waals surface area contributed by atoms with Gasteiger partial charge in [-0.05, 0) is 20.3 Å². The Labute approximate surface area is 125 Å². The zero-order valence-electron chi connectivity index (χ0n) is 12.7. The summed E-state index contributed by atoms with van der Waals surface area (Å²) < 4.78 is 0. The van der Waals surface area contributed by atoms with Crippen LogP contribution in [0.2, 0.25) is 0 Å². The highest BCUT2D eigenvalue weighted by Crippen LogP contribution is 2.57. The van der Waals surface area contributed by atoms with E-state index in [1.807, 2.05) is 25.1 Å². The molecule has 0 aromatic rings. The van der Waals surface area contributed by atoms with E-state index in [2.05, 4.69) is 0 Å². The molecule has 0 amide bonds. The number of carbonyl (C=O) groups is 1. The lowest BCUT2D eigenvalue weighted by molar-refractivity contribution is -0.125. The summed E-state index contributed by atoms with van der Waals surface area (Å²) in [4.78, 5) is 12.1. The van der Waals surface area contributed by atoms with Crippen LogP contribution in [0.5, 0.6) is 0 Å². The number of nitriles is 3. The second kappa shape index (κ2) is 6.06. The molecule has 1 aliphatic rings. The fourth-order valence-corrected chi connectivity index (χ4v) is 3.40. The highest BCUT2D eigenvalue weighted by Gasteiger charge is 2.66. The second-order valence-corrected chi connectivity index (χ2v) is 5.88. The number of unbranched alkanes of at least 4 members (excludes halogenated alkanes) is 2. The zero-order chi connectivity index (χ0) is 16.3. The quantitative estimate of drug-likeness (QED) is 0.782. The molecule has 1 unspecified atom stereocenters. The molecule has 1 saturated carbocycles. The van der Waals surface area contributed by atoms with Crippen LogP contribution in [0.1, 0.15) is 46.5 Å². The van der Waals surface area contributed by atoms with Gasteiger partial charge in [0.2, 0.25) is 0 Å². The van der Waals surface area contributed by atoms with Gasteiger partial charge < -0.3 is 5.41 Å². The molecule has 21 heavy (non-hydrogen) atoms. The molecule has 1 aliphatic carbocycles. The van der Waals surface area contributed by atoms with Gasteiger partial charge in [-0.3, -0.25) is 4.79 Å². The summed E-state index contributed by atoms with van der Waals surface area (Å²) in [6, 6.07) is 5.85. The summed E-state index contributed by atoms with van der Waals surface area (Å²) in [6.45, 7) is 5.02. The van der Waals surface area contributed by atoms with Crippen LogP contribution in [0.3, 0.4) is 0 Å². The molecule has 3 atom stereocenters. The third-order valence-electron chi connectivity index (χ3n) is 4.88. The normalized spacial score (nSPS) is 30.2. The third kappa shape index (κ3) is 2.22. The van der Waals surface area contributed by atoms with Gasteiger partial charge in [0.1, 0.15) is 11.7 Å². The van der Waals surface area contributed by atoms with Gasteiger partial charge in [-0.1, -0.05) is 26.2 Å². The van der Waals surface area contributed by atoms with Gasteiger partial charge in [0, 0.05) is 11.6 Å². The molecule has 0 saturated heterocycles. The van der Waals surface area contributed by atoms with Crippen LogP contribution in [-0.2, 0) is 4.79 Å². The Morgan fingerprint density at radius 2 is 1.86 bits per heavy atom. The first-order chi connectivity index (χ1) is 9.86. The molecule has 1 rings (SSSR count). The van der Waals surface area contributed by atoms with Crippen molar-refractivity contribution in [2.45, 2.75) is 46.5 Å². The lowest BCUT2D eigenvalue weighted by Crippen LogP contribution is -2.39. The number of nitrogens with zero attached hydrogens (tertiary/aromatic N) is 3. The van der Waals surface area contributed by atoms with Crippen molar-refractivity contribution in [2.75, 3.05) is 0 Å². The second-order valence-electron chi connectivity index (χ2n) is 5.88. The average molecular weight is 284 g/mol. The molecule has 0 aromatic heterocycles. The first kappa shape index (κ1) is 16.9. The van der Waals surface area contributed by atoms with Crippen LogP contribution >= 0.6 is 0 Å². The number of Topliss-reactive ketones (excluding diaryl/α,β-unsaturated/α-hetero) is 1. The molecule has 1 fully saturated rings. The van der Waals surface area contributed by atoms with Gasteiger partial charge in [0.15, 0.2) is 5.41 Å². The van der Waals surface area contributed by atoms with Gasteiger partial charge >= 0.3 is 0 Å². The summed E-state index contributed by atoms with van der Waals surface area (Å²) in [5.41, 5.74) is -2.87. The highest BCUT2D eigenvalue weighted by atomic mass is 16.1. The Morgan fingerprint density at radius 3 is 2.24 bits per heavy atom. The molecule has 0 spiro atoms. The van der Waals surface area contributed by atoms with Crippen molar-refractivity contribution >= 4 is 11.5 Å². The van der Waals surface area contributed by atoms with Crippen LogP contribution in [0.4, 0.5) is 0 Å². The van der Waals surface area contributed by atoms with E-state index in [1.165, 1.54) is 6.92 Å². The minimum Gasteiger partial charge on any atom is -0.307 e. The fraction of sp³-hybridized carbons (Fsp3) is 0.688. The number of carbonyl (C=O) groups excluding carboxylic acids is 1. The number of nitrogens with one attached hydrogen (secondary N) is 1. The van der Waals surface area contributed by atoms with E-state index in [0.717, 1.165) is 19.3 Å². The molecule has 5 nitrogen and oxygen atoms in total. The Bertz CT molecular complexity index is 561. The first-order valence-electron chi connectivity index (χ1n) is 7.18. The Hall–Kier alpha value is -2.19. The van der Waals surface area contributed by atoms with Crippen LogP contribution < -0.4 is 0 Å². The molecule has 0 bridgehead atoms. The van der Waals surface area contributed by atoms with E-state index in [1.54, 1.807) is 6.92 Å². The van der Waals surface area contributed by atoms with E-state index in [0.29, 0.717) is 6.42 Å². The molecule has 1 N–H and O–H groups in total. The van der Waals surface area contributed by atoms with Crippen molar-refractivity contribution in [1.82, 2.24) is 0 Å². The zero-order valence-corrected chi connectivity index (χ0v) is 12.7. The lowest BCUT2D eigenvalue weighted by atomic mass is 9.66. The smallest absolute Gasteiger partial charge is 0.168 e. The maximum atomic E-state index is 12.1. The predicted molar refractivity (Wildman–Crippen MR) is 76.9 cm³/mol. The van der Waals surface area contributed by atoms with Crippen molar-refractivity contribution < 1.29 is 4.79 Å². The fourth-order valence-electron chi connectivity index (χ4n) is 3.40. The van der Waals surface area contributed by atoms with Crippen molar-refractivity contribution in [1.29, 1.82) is 21.2 Å². The van der Waals surface area contributed by atoms with Gasteiger partial charge in [0.25, 0.3) is 0 Å². The van der Waals surface area contributed by atoms with Gasteiger partial charge in [-0.25, -0.2) is 0 Å². The molecule has 0 radical (unpaired) electrons. The maximum Gasteiger partial charge on any atom is 0.168 e. The van der Waals surface area contributed by atoms with Crippen LogP contribution in [0.25, 0.3) is 0 Å². The van der Waals surface area contributed by atoms with Crippen molar-refractivity contribution in [3.8, 4) is 18.2 Å². The maximum absolute atomic E-state index is 12.1. The van der Waals surface area contributed by atoms with Gasteiger partial charge in [-0.15, -0.1) is 0 Å². The molecular weight excluding hydrogens is 264 g/mol. The summed E-state index contributed by atoms with van der Waals surface area (Å²) in [5.74, 6) is -1.98. The molecule has 0 heterocycles. The van der Waals surface area contributed by atoms with Crippen molar-refractivity contribution in [3.63, 3.8) is 0 Å². The first-order valence-corrected chi connectivity index (χ1v) is 7.18. The molecule has 110 valence electrons. The van der Waals surface area contributed by atoms with E-state index in [9.17, 15) is 20.6 Å². The Kier molecular flexibility index (Phi) is 4.87. The molecule has 5 heteroatoms. The van der Waals surface area contributed by atoms with E-state index in [4.69, 9.17) is 5.41 Å². The van der Waals surface area contributed by atoms with Gasteiger partial charge in [-0.2, -0.15) is 15.8 Å².